The van der Waals surface area contributed by atoms with Crippen molar-refractivity contribution in [1.29, 1.82) is 0 Å². The molecule has 0 nitrogen and oxygen atoms in total. The minimum Gasteiger partial charge on any atom is -0.245 e. The fourth-order valence-electron chi connectivity index (χ4n) is 1.92. The minimum absolute atomic E-state index is 0.405. The second-order valence-electron chi connectivity index (χ2n) is 4.97. The van der Waals surface area contributed by atoms with Crippen LogP contribution in [0.3, 0.4) is 0 Å². The van der Waals surface area contributed by atoms with Crippen molar-refractivity contribution in [2.24, 2.45) is 0 Å². The summed E-state index contributed by atoms with van der Waals surface area (Å²) in [7, 11) is 0. The van der Waals surface area contributed by atoms with E-state index in [2.05, 4.69) is 25.3 Å². The van der Waals surface area contributed by atoms with Crippen molar-refractivity contribution >= 4 is 0 Å². The molecule has 0 amide bonds. The van der Waals surface area contributed by atoms with Gasteiger partial charge in [0.25, 0.3) is 0 Å². The Morgan fingerprint density at radius 2 is 1.39 bits per heavy atom. The molecule has 0 aromatic rings. The van der Waals surface area contributed by atoms with Crippen molar-refractivity contribution in [2.45, 2.75) is 77.6 Å². The molecule has 0 saturated carbocycles. The van der Waals surface area contributed by atoms with E-state index in [0.717, 1.165) is 12.8 Å². The summed E-state index contributed by atoms with van der Waals surface area (Å²) in [5.74, 6) is 5.72. The lowest BCUT2D eigenvalue weighted by molar-refractivity contribution is 0.552. The van der Waals surface area contributed by atoms with Crippen LogP contribution in [-0.4, -0.2) is 6.67 Å². The van der Waals surface area contributed by atoms with E-state index in [1.54, 1.807) is 0 Å². The number of alkyl halides is 1. The van der Waals surface area contributed by atoms with Gasteiger partial charge in [-0.05, 0) is 6.42 Å². The third-order valence-electron chi connectivity index (χ3n) is 3.08. The Hall–Kier alpha value is -0.770. The number of hydrogen-bond donors (Lipinski definition) is 0. The van der Waals surface area contributed by atoms with Crippen molar-refractivity contribution in [1.82, 2.24) is 0 Å². The molecular formula is C17H29F. The molecule has 0 radical (unpaired) electrons. The van der Waals surface area contributed by atoms with E-state index in [9.17, 15) is 4.39 Å². The van der Waals surface area contributed by atoms with Crippen LogP contribution in [0.2, 0.25) is 0 Å². The lowest BCUT2D eigenvalue weighted by atomic mass is 10.1. The molecule has 0 saturated heterocycles. The molecule has 0 heterocycles. The Labute approximate surface area is 113 Å². The van der Waals surface area contributed by atoms with Gasteiger partial charge in [-0.25, -0.2) is 4.39 Å². The van der Waals surface area contributed by atoms with Crippen LogP contribution in [0, 0.1) is 11.8 Å². The fraction of sp³-hybridized carbons (Fsp3) is 0.765. The number of hydrogen-bond acceptors (Lipinski definition) is 0. The van der Waals surface area contributed by atoms with Crippen LogP contribution in [0.25, 0.3) is 0 Å². The Balaban J connectivity index is 3.11. The monoisotopic (exact) mass is 252 g/mol. The van der Waals surface area contributed by atoms with E-state index in [1.165, 1.54) is 57.8 Å². The van der Waals surface area contributed by atoms with Crippen LogP contribution >= 0.6 is 0 Å². The summed E-state index contributed by atoms with van der Waals surface area (Å²) in [5.41, 5.74) is 0.405. The predicted molar refractivity (Wildman–Crippen MR) is 79.4 cm³/mol. The normalized spacial score (nSPS) is 9.89. The SMILES string of the molecule is C=C(C#CCCCCCCCCCCCC)CF. The van der Waals surface area contributed by atoms with Gasteiger partial charge in [0.1, 0.15) is 6.67 Å². The first-order chi connectivity index (χ1) is 8.81. The zero-order valence-corrected chi connectivity index (χ0v) is 12.1. The minimum atomic E-state index is -0.509. The third-order valence-corrected chi connectivity index (χ3v) is 3.08. The molecule has 0 unspecified atom stereocenters. The van der Waals surface area contributed by atoms with Crippen LogP contribution < -0.4 is 0 Å². The van der Waals surface area contributed by atoms with Gasteiger partial charge in [-0.1, -0.05) is 83.1 Å². The van der Waals surface area contributed by atoms with Crippen LogP contribution in [-0.2, 0) is 0 Å². The van der Waals surface area contributed by atoms with Crippen molar-refractivity contribution in [3.63, 3.8) is 0 Å². The summed E-state index contributed by atoms with van der Waals surface area (Å²) in [4.78, 5) is 0. The molecule has 0 aromatic heterocycles. The lowest BCUT2D eigenvalue weighted by Gasteiger charge is -2.00. The standard InChI is InChI=1S/C17H29F/c1-3-4-5-6-7-8-9-10-11-12-13-14-15-17(2)16-18/h2-13,16H2,1H3. The summed E-state index contributed by atoms with van der Waals surface area (Å²) in [5, 5.41) is 0. The first kappa shape index (κ1) is 17.2. The number of rotatable bonds is 11. The molecule has 0 bridgehead atoms. The van der Waals surface area contributed by atoms with E-state index in [1.807, 2.05) is 0 Å². The van der Waals surface area contributed by atoms with Gasteiger partial charge in [0.15, 0.2) is 0 Å². The van der Waals surface area contributed by atoms with E-state index in [4.69, 9.17) is 0 Å². The van der Waals surface area contributed by atoms with Crippen molar-refractivity contribution in [3.8, 4) is 11.8 Å². The highest BCUT2D eigenvalue weighted by molar-refractivity contribution is 5.25. The smallest absolute Gasteiger partial charge is 0.122 e. The average Bonchev–Trinajstić information content (AvgIpc) is 2.39. The Morgan fingerprint density at radius 1 is 0.889 bits per heavy atom. The summed E-state index contributed by atoms with van der Waals surface area (Å²) in [6.45, 7) is 5.26. The number of allylic oxidation sites excluding steroid dienone is 1. The van der Waals surface area contributed by atoms with Crippen LogP contribution in [0.1, 0.15) is 77.6 Å². The Morgan fingerprint density at radius 3 is 1.89 bits per heavy atom. The van der Waals surface area contributed by atoms with Crippen LogP contribution in [0.15, 0.2) is 12.2 Å². The zero-order valence-electron chi connectivity index (χ0n) is 12.1. The quantitative estimate of drug-likeness (QED) is 0.321. The number of halogens is 1. The molecule has 0 aliphatic rings. The molecular weight excluding hydrogens is 223 g/mol. The zero-order chi connectivity index (χ0) is 13.5. The lowest BCUT2D eigenvalue weighted by Crippen LogP contribution is -1.82. The maximum absolute atomic E-state index is 12.0. The van der Waals surface area contributed by atoms with E-state index >= 15 is 0 Å². The van der Waals surface area contributed by atoms with E-state index in [0.29, 0.717) is 5.57 Å². The first-order valence-electron chi connectivity index (χ1n) is 7.54. The molecule has 0 fully saturated rings. The van der Waals surface area contributed by atoms with Crippen molar-refractivity contribution in [2.75, 3.05) is 6.67 Å². The third kappa shape index (κ3) is 13.3. The summed E-state index contributed by atoms with van der Waals surface area (Å²) < 4.78 is 12.0. The highest BCUT2D eigenvalue weighted by Crippen LogP contribution is 2.10. The van der Waals surface area contributed by atoms with Crippen LogP contribution in [0.4, 0.5) is 4.39 Å². The molecule has 0 spiro atoms. The van der Waals surface area contributed by atoms with Crippen LogP contribution in [0.5, 0.6) is 0 Å². The predicted octanol–water partition coefficient (Wildman–Crippen LogP) is 5.83. The average molecular weight is 252 g/mol. The van der Waals surface area contributed by atoms with Crippen molar-refractivity contribution in [3.05, 3.63) is 12.2 Å². The van der Waals surface area contributed by atoms with Crippen molar-refractivity contribution < 1.29 is 4.39 Å². The molecule has 0 aliphatic heterocycles. The molecule has 0 aliphatic carbocycles. The summed E-state index contributed by atoms with van der Waals surface area (Å²) >= 11 is 0. The highest BCUT2D eigenvalue weighted by Gasteiger charge is 1.91. The molecule has 104 valence electrons. The van der Waals surface area contributed by atoms with E-state index in [-0.39, 0.29) is 0 Å². The topological polar surface area (TPSA) is 0 Å². The molecule has 0 rings (SSSR count). The molecule has 0 atom stereocenters. The first-order valence-corrected chi connectivity index (χ1v) is 7.54. The maximum atomic E-state index is 12.0. The summed E-state index contributed by atoms with van der Waals surface area (Å²) in [6.07, 6.45) is 14.3. The Kier molecular flexibility index (Phi) is 13.7. The molecule has 0 aromatic carbocycles. The van der Waals surface area contributed by atoms with Gasteiger partial charge in [-0.15, -0.1) is 0 Å². The Bertz CT molecular complexity index is 244. The number of unbranched alkanes of at least 4 members (excludes halogenated alkanes) is 10. The second kappa shape index (κ2) is 14.3. The van der Waals surface area contributed by atoms with Gasteiger partial charge in [0.2, 0.25) is 0 Å². The second-order valence-corrected chi connectivity index (χ2v) is 4.97. The van der Waals surface area contributed by atoms with Gasteiger partial charge >= 0.3 is 0 Å². The molecule has 18 heavy (non-hydrogen) atoms. The van der Waals surface area contributed by atoms with E-state index < -0.39 is 6.67 Å². The summed E-state index contributed by atoms with van der Waals surface area (Å²) in [6, 6.07) is 0. The molecule has 1 heteroatoms. The maximum Gasteiger partial charge on any atom is 0.122 e. The largest absolute Gasteiger partial charge is 0.245 e. The van der Waals surface area contributed by atoms with Gasteiger partial charge < -0.3 is 0 Å². The highest BCUT2D eigenvalue weighted by atomic mass is 19.1. The van der Waals surface area contributed by atoms with Gasteiger partial charge in [-0.3, -0.25) is 0 Å². The van der Waals surface area contributed by atoms with Gasteiger partial charge in [0, 0.05) is 12.0 Å². The fourth-order valence-corrected chi connectivity index (χ4v) is 1.92. The molecule has 0 N–H and O–H groups in total. The van der Waals surface area contributed by atoms with Gasteiger partial charge in [0.05, 0.1) is 0 Å². The van der Waals surface area contributed by atoms with Gasteiger partial charge in [-0.2, -0.15) is 0 Å².